The number of aromatic hydroxyl groups is 1. The van der Waals surface area contributed by atoms with Gasteiger partial charge in [0, 0.05) is 44.1 Å². The smallest absolute Gasteiger partial charge is 0.148 e. The molecule has 0 radical (unpaired) electrons. The van der Waals surface area contributed by atoms with E-state index in [0.717, 1.165) is 90.0 Å². The summed E-state index contributed by atoms with van der Waals surface area (Å²) < 4.78 is 2.26. The Labute approximate surface area is 415 Å². The quantitative estimate of drug-likeness (QED) is 0.139. The zero-order valence-electron chi connectivity index (χ0n) is 39.4. The number of fused-ring (bicyclic) bond motifs is 1. The fourth-order valence-corrected chi connectivity index (χ4v) is 9.38. The van der Waals surface area contributed by atoms with Crippen LogP contribution in [0.15, 0.2) is 194 Å². The molecule has 0 unspecified atom stereocenters. The molecule has 0 fully saturated rings. The van der Waals surface area contributed by atoms with Gasteiger partial charge in [0.15, 0.2) is 0 Å². The Balaban J connectivity index is 0.00000578. The van der Waals surface area contributed by atoms with Crippen molar-refractivity contribution in [3.05, 3.63) is 217 Å². The summed E-state index contributed by atoms with van der Waals surface area (Å²) in [5.74, 6) is 1.42. The summed E-state index contributed by atoms with van der Waals surface area (Å²) in [7, 11) is 0. The van der Waals surface area contributed by atoms with E-state index in [1.54, 1.807) is 0 Å². The molecule has 0 aliphatic rings. The average Bonchev–Trinajstić information content (AvgIpc) is 3.74. The number of benzene rings is 8. The third kappa shape index (κ3) is 9.26. The largest absolute Gasteiger partial charge is 0.507 e. The third-order valence-corrected chi connectivity index (χ3v) is 12.6. The van der Waals surface area contributed by atoms with Gasteiger partial charge >= 0.3 is 0 Å². The topological polar surface area (TPSA) is 50.9 Å². The van der Waals surface area contributed by atoms with Gasteiger partial charge in [-0.2, -0.15) is 0 Å². The number of hydrogen-bond acceptors (Lipinski definition) is 3. The van der Waals surface area contributed by atoms with E-state index in [2.05, 4.69) is 228 Å². The summed E-state index contributed by atoms with van der Waals surface area (Å²) in [6.45, 7) is 13.1. The maximum absolute atomic E-state index is 12.3. The number of phenols is 1. The summed E-state index contributed by atoms with van der Waals surface area (Å²) in [6.07, 6.45) is 2.85. The van der Waals surface area contributed by atoms with E-state index in [-0.39, 0.29) is 32.2 Å². The molecule has 338 valence electrons. The monoisotopic (exact) mass is 1060 g/mol. The number of rotatable bonds is 10. The first-order valence-corrected chi connectivity index (χ1v) is 23.3. The number of pyridine rings is 1. The van der Waals surface area contributed by atoms with Crippen LogP contribution < -0.4 is 0 Å². The van der Waals surface area contributed by atoms with Crippen LogP contribution in [0.3, 0.4) is 0 Å². The Kier molecular flexibility index (Phi) is 13.0. The minimum atomic E-state index is -0.305. The molecule has 5 heteroatoms. The van der Waals surface area contributed by atoms with Crippen molar-refractivity contribution in [2.75, 3.05) is 0 Å². The minimum Gasteiger partial charge on any atom is -0.507 e. The van der Waals surface area contributed by atoms with E-state index in [1.165, 1.54) is 16.7 Å². The summed E-state index contributed by atoms with van der Waals surface area (Å²) in [5, 5.41) is 12.3. The van der Waals surface area contributed by atoms with Crippen molar-refractivity contribution in [2.24, 2.45) is 5.92 Å². The SMILES string of the molecule is Cc1cc(-c2nc3c(-c4[c-]c(-c5cc(-c6ccc(-c7ccccc7)cc6)ccn5)cc(-c5ccccc5)c4)cccc3n2-c2ccc(CC(C)C)cc2-c2ccccc2)c(O)c(C(C)(C)C)c1.[Pt]. The number of aryl methyl sites for hydroxylation is 1. The maximum Gasteiger partial charge on any atom is 0.148 e. The molecule has 1 N–H and O–H groups in total. The standard InChI is InChI=1S/C63H54N3O.Pt/c1-41(2)33-43-25-30-58(54(36-43)48-21-14-9-15-22-48)66-59-24-16-23-53(60(59)65-62(66)55-34-42(3)35-56(61(55)67)63(4,5)6)51-37-50(45-19-12-8-13-20-45)38-52(39-51)57-40-49(31-32-64-57)47-28-26-46(27-29-47)44-17-10-7-11-18-44;/h7-32,34-38,40-41,67H,33H2,1-6H3;/q-1;. The van der Waals surface area contributed by atoms with Gasteiger partial charge in [0.05, 0.1) is 22.3 Å². The van der Waals surface area contributed by atoms with Crippen LogP contribution in [-0.4, -0.2) is 19.6 Å². The Morgan fingerprint density at radius 2 is 1.16 bits per heavy atom. The first kappa shape index (κ1) is 46.0. The van der Waals surface area contributed by atoms with Crippen LogP contribution in [0.2, 0.25) is 0 Å². The number of aromatic nitrogens is 3. The number of hydrogen-bond donors (Lipinski definition) is 1. The number of nitrogens with zero attached hydrogens (tertiary/aromatic N) is 3. The van der Waals surface area contributed by atoms with Crippen molar-refractivity contribution in [3.63, 3.8) is 0 Å². The predicted molar refractivity (Wildman–Crippen MR) is 279 cm³/mol. The van der Waals surface area contributed by atoms with Crippen molar-refractivity contribution in [2.45, 2.75) is 53.4 Å². The Morgan fingerprint density at radius 3 is 1.81 bits per heavy atom. The third-order valence-electron chi connectivity index (χ3n) is 12.6. The predicted octanol–water partition coefficient (Wildman–Crippen LogP) is 16.4. The molecule has 68 heavy (non-hydrogen) atoms. The van der Waals surface area contributed by atoms with Gasteiger partial charge < -0.3 is 5.11 Å². The van der Waals surface area contributed by atoms with E-state index in [0.29, 0.717) is 17.3 Å². The number of imidazole rings is 1. The Hall–Kier alpha value is -7.13. The van der Waals surface area contributed by atoms with Gasteiger partial charge in [0.25, 0.3) is 0 Å². The Morgan fingerprint density at radius 1 is 0.559 bits per heavy atom. The van der Waals surface area contributed by atoms with Gasteiger partial charge in [-0.1, -0.05) is 197 Å². The van der Waals surface area contributed by atoms with E-state index >= 15 is 0 Å². The molecular formula is C63H54N3OPt-. The second-order valence-corrected chi connectivity index (χ2v) is 19.2. The van der Waals surface area contributed by atoms with Gasteiger partial charge in [-0.15, -0.1) is 23.8 Å². The summed E-state index contributed by atoms with van der Waals surface area (Å²) in [4.78, 5) is 10.6. The summed E-state index contributed by atoms with van der Waals surface area (Å²) >= 11 is 0. The van der Waals surface area contributed by atoms with Gasteiger partial charge in [-0.05, 0) is 99.5 Å². The molecular weight excluding hydrogens is 1010 g/mol. The molecule has 8 aromatic carbocycles. The molecule has 0 atom stereocenters. The van der Waals surface area contributed by atoms with Crippen LogP contribution >= 0.6 is 0 Å². The van der Waals surface area contributed by atoms with Gasteiger partial charge in [-0.3, -0.25) is 9.55 Å². The van der Waals surface area contributed by atoms with Crippen LogP contribution in [0.25, 0.3) is 95.0 Å². The van der Waals surface area contributed by atoms with Gasteiger partial charge in [0.1, 0.15) is 11.6 Å². The first-order chi connectivity index (χ1) is 32.5. The second-order valence-electron chi connectivity index (χ2n) is 19.2. The van der Waals surface area contributed by atoms with Gasteiger partial charge in [-0.25, -0.2) is 4.98 Å². The van der Waals surface area contributed by atoms with Crippen LogP contribution in [0, 0.1) is 18.9 Å². The van der Waals surface area contributed by atoms with Crippen molar-refractivity contribution in [1.29, 1.82) is 0 Å². The summed E-state index contributed by atoms with van der Waals surface area (Å²) in [5.41, 5.74) is 18.8. The zero-order valence-corrected chi connectivity index (χ0v) is 41.6. The van der Waals surface area contributed by atoms with Crippen molar-refractivity contribution < 1.29 is 26.2 Å². The molecule has 0 aliphatic carbocycles. The fraction of sp³-hybridized carbons (Fsp3) is 0.143. The average molecular weight is 1060 g/mol. The first-order valence-electron chi connectivity index (χ1n) is 23.3. The number of phenolic OH excluding ortho intramolecular Hbond substituents is 1. The van der Waals surface area contributed by atoms with E-state index < -0.39 is 0 Å². The maximum atomic E-state index is 12.3. The van der Waals surface area contributed by atoms with Crippen LogP contribution in [0.1, 0.15) is 51.3 Å². The van der Waals surface area contributed by atoms with Crippen LogP contribution in [-0.2, 0) is 32.9 Å². The van der Waals surface area contributed by atoms with Crippen molar-refractivity contribution in [1.82, 2.24) is 14.5 Å². The molecule has 0 bridgehead atoms. The molecule has 0 amide bonds. The van der Waals surface area contributed by atoms with Crippen LogP contribution in [0.4, 0.5) is 0 Å². The molecule has 0 saturated carbocycles. The molecule has 10 rings (SSSR count). The molecule has 2 aromatic heterocycles. The van der Waals surface area contributed by atoms with Crippen molar-refractivity contribution in [3.8, 4) is 89.7 Å². The second kappa shape index (κ2) is 19.2. The van der Waals surface area contributed by atoms with E-state index in [1.807, 2.05) is 18.3 Å². The number of para-hydroxylation sites is 1. The zero-order chi connectivity index (χ0) is 46.2. The molecule has 0 saturated heterocycles. The summed E-state index contributed by atoms with van der Waals surface area (Å²) in [6, 6.07) is 70.2. The van der Waals surface area contributed by atoms with Crippen LogP contribution in [0.5, 0.6) is 5.75 Å². The van der Waals surface area contributed by atoms with Gasteiger partial charge in [0.2, 0.25) is 0 Å². The van der Waals surface area contributed by atoms with Crippen molar-refractivity contribution >= 4 is 11.0 Å². The molecule has 0 aliphatic heterocycles. The molecule has 10 aromatic rings. The van der Waals surface area contributed by atoms with E-state index in [4.69, 9.17) is 9.97 Å². The normalized spacial score (nSPS) is 11.5. The fourth-order valence-electron chi connectivity index (χ4n) is 9.38. The molecule has 4 nitrogen and oxygen atoms in total. The van der Waals surface area contributed by atoms with E-state index in [9.17, 15) is 5.11 Å². The Bertz CT molecular complexity index is 3390. The minimum absolute atomic E-state index is 0. The molecule has 0 spiro atoms. The molecule has 2 heterocycles.